The number of benzene rings is 3. The SMILES string of the molecule is COc1cc(NC(=O)[C@H]2Cc3ccccc3C(=O)O2)c(OC)cc1NC(=O)c1ccccc1. The number of carbonyl (C=O) groups excluding carboxylic acids is 3. The fraction of sp³-hybridized carbons (Fsp3) is 0.160. The fourth-order valence-corrected chi connectivity index (χ4v) is 3.57. The summed E-state index contributed by atoms with van der Waals surface area (Å²) in [6.45, 7) is 0. The molecule has 0 fully saturated rings. The second-order valence-electron chi connectivity index (χ2n) is 7.32. The number of amides is 2. The molecule has 1 atom stereocenters. The van der Waals surface area contributed by atoms with Crippen LogP contribution in [0.2, 0.25) is 0 Å². The third kappa shape index (κ3) is 4.64. The van der Waals surface area contributed by atoms with Crippen LogP contribution < -0.4 is 20.1 Å². The maximum Gasteiger partial charge on any atom is 0.339 e. The van der Waals surface area contributed by atoms with E-state index in [1.54, 1.807) is 48.5 Å². The van der Waals surface area contributed by atoms with E-state index < -0.39 is 18.0 Å². The lowest BCUT2D eigenvalue weighted by Gasteiger charge is -2.24. The number of carbonyl (C=O) groups is 3. The van der Waals surface area contributed by atoms with Gasteiger partial charge in [-0.1, -0.05) is 36.4 Å². The van der Waals surface area contributed by atoms with Gasteiger partial charge in [0.05, 0.1) is 31.2 Å². The molecular formula is C25H22N2O6. The van der Waals surface area contributed by atoms with Crippen molar-refractivity contribution >= 4 is 29.2 Å². The van der Waals surface area contributed by atoms with E-state index in [1.165, 1.54) is 20.3 Å². The number of esters is 1. The summed E-state index contributed by atoms with van der Waals surface area (Å²) in [6.07, 6.45) is -0.723. The third-order valence-corrected chi connectivity index (χ3v) is 5.25. The number of nitrogens with one attached hydrogen (secondary N) is 2. The van der Waals surface area contributed by atoms with E-state index in [1.807, 2.05) is 12.1 Å². The summed E-state index contributed by atoms with van der Waals surface area (Å²) in [5.41, 5.74) is 2.37. The highest BCUT2D eigenvalue weighted by Crippen LogP contribution is 2.37. The molecule has 2 amide bonds. The molecule has 1 heterocycles. The van der Waals surface area contributed by atoms with Crippen molar-refractivity contribution in [3.05, 3.63) is 83.4 Å². The van der Waals surface area contributed by atoms with Crippen molar-refractivity contribution in [3.8, 4) is 11.5 Å². The van der Waals surface area contributed by atoms with Crippen LogP contribution in [-0.4, -0.2) is 38.1 Å². The predicted molar refractivity (Wildman–Crippen MR) is 122 cm³/mol. The second-order valence-corrected chi connectivity index (χ2v) is 7.32. The first-order chi connectivity index (χ1) is 16.0. The van der Waals surface area contributed by atoms with Gasteiger partial charge in [-0.05, 0) is 23.8 Å². The maximum absolute atomic E-state index is 12.9. The molecule has 33 heavy (non-hydrogen) atoms. The van der Waals surface area contributed by atoms with E-state index in [4.69, 9.17) is 14.2 Å². The zero-order valence-corrected chi connectivity index (χ0v) is 18.1. The number of rotatable bonds is 6. The number of hydrogen-bond donors (Lipinski definition) is 2. The first kappa shape index (κ1) is 21.9. The van der Waals surface area contributed by atoms with E-state index in [-0.39, 0.29) is 12.3 Å². The second kappa shape index (κ2) is 9.44. The van der Waals surface area contributed by atoms with Crippen LogP contribution >= 0.6 is 0 Å². The summed E-state index contributed by atoms with van der Waals surface area (Å²) in [4.78, 5) is 37.7. The Balaban J connectivity index is 1.55. The topological polar surface area (TPSA) is 103 Å². The van der Waals surface area contributed by atoms with Crippen molar-refractivity contribution in [2.45, 2.75) is 12.5 Å². The van der Waals surface area contributed by atoms with E-state index >= 15 is 0 Å². The minimum absolute atomic E-state index is 0.262. The first-order valence-electron chi connectivity index (χ1n) is 10.2. The Bertz CT molecular complexity index is 1210. The molecule has 8 heteroatoms. The maximum atomic E-state index is 12.9. The minimum Gasteiger partial charge on any atom is -0.494 e. The summed E-state index contributed by atoms with van der Waals surface area (Å²) in [5, 5.41) is 5.52. The van der Waals surface area contributed by atoms with Crippen LogP contribution in [0.5, 0.6) is 11.5 Å². The Morgan fingerprint density at radius 2 is 1.48 bits per heavy atom. The number of ether oxygens (including phenoxy) is 3. The first-order valence-corrected chi connectivity index (χ1v) is 10.2. The van der Waals surface area contributed by atoms with Crippen LogP contribution in [0, 0.1) is 0 Å². The molecule has 1 aliphatic rings. The Kier molecular flexibility index (Phi) is 6.26. The molecule has 0 spiro atoms. The highest BCUT2D eigenvalue weighted by Gasteiger charge is 2.31. The molecule has 0 radical (unpaired) electrons. The molecule has 0 saturated carbocycles. The Hall–Kier alpha value is -4.33. The van der Waals surface area contributed by atoms with Gasteiger partial charge in [0.2, 0.25) is 0 Å². The van der Waals surface area contributed by atoms with Gasteiger partial charge in [-0.15, -0.1) is 0 Å². The zero-order valence-electron chi connectivity index (χ0n) is 18.1. The van der Waals surface area contributed by atoms with Gasteiger partial charge in [0.1, 0.15) is 11.5 Å². The monoisotopic (exact) mass is 446 g/mol. The molecule has 3 aromatic carbocycles. The Morgan fingerprint density at radius 3 is 2.15 bits per heavy atom. The molecule has 0 aromatic heterocycles. The van der Waals surface area contributed by atoms with Crippen molar-refractivity contribution < 1.29 is 28.6 Å². The molecular weight excluding hydrogens is 424 g/mol. The number of fused-ring (bicyclic) bond motifs is 1. The standard InChI is InChI=1S/C25H22N2O6/c1-31-20-14-19(21(32-2)13-18(20)26-23(28)15-8-4-3-5-9-15)27-24(29)22-12-16-10-6-7-11-17(16)25(30)33-22/h3-11,13-14,22H,12H2,1-2H3,(H,26,28)(H,27,29)/t22-/m1/s1. The molecule has 3 aromatic rings. The molecule has 0 saturated heterocycles. The van der Waals surface area contributed by atoms with E-state index in [0.717, 1.165) is 5.56 Å². The van der Waals surface area contributed by atoms with Crippen LogP contribution in [0.15, 0.2) is 66.7 Å². The number of methoxy groups -OCH3 is 2. The van der Waals surface area contributed by atoms with Crippen molar-refractivity contribution in [2.75, 3.05) is 24.9 Å². The van der Waals surface area contributed by atoms with Gasteiger partial charge in [-0.3, -0.25) is 9.59 Å². The highest BCUT2D eigenvalue weighted by molar-refractivity contribution is 6.06. The van der Waals surface area contributed by atoms with Gasteiger partial charge in [-0.2, -0.15) is 0 Å². The van der Waals surface area contributed by atoms with Gasteiger partial charge >= 0.3 is 5.97 Å². The zero-order chi connectivity index (χ0) is 23.4. The molecule has 2 N–H and O–H groups in total. The molecule has 168 valence electrons. The lowest BCUT2D eigenvalue weighted by molar-refractivity contribution is -0.125. The van der Waals surface area contributed by atoms with Crippen LogP contribution in [0.1, 0.15) is 26.3 Å². The van der Waals surface area contributed by atoms with Crippen molar-refractivity contribution in [1.82, 2.24) is 0 Å². The van der Waals surface area contributed by atoms with Gasteiger partial charge in [0.15, 0.2) is 6.10 Å². The van der Waals surface area contributed by atoms with Gasteiger partial charge < -0.3 is 24.8 Å². The molecule has 0 aliphatic carbocycles. The molecule has 1 aliphatic heterocycles. The smallest absolute Gasteiger partial charge is 0.339 e. The Labute approximate surface area is 190 Å². The summed E-state index contributed by atoms with van der Waals surface area (Å²) in [6, 6.07) is 18.8. The van der Waals surface area contributed by atoms with Gasteiger partial charge in [-0.25, -0.2) is 4.79 Å². The number of hydrogen-bond acceptors (Lipinski definition) is 6. The number of cyclic esters (lactones) is 1. The highest BCUT2D eigenvalue weighted by atomic mass is 16.5. The molecule has 0 unspecified atom stereocenters. The van der Waals surface area contributed by atoms with Crippen LogP contribution in [-0.2, 0) is 16.0 Å². The summed E-state index contributed by atoms with van der Waals surface area (Å²) in [7, 11) is 2.89. The van der Waals surface area contributed by atoms with Crippen LogP contribution in [0.25, 0.3) is 0 Å². The average Bonchev–Trinajstić information content (AvgIpc) is 2.85. The van der Waals surface area contributed by atoms with Crippen molar-refractivity contribution in [3.63, 3.8) is 0 Å². The van der Waals surface area contributed by atoms with Crippen molar-refractivity contribution in [1.29, 1.82) is 0 Å². The summed E-state index contributed by atoms with van der Waals surface area (Å²) >= 11 is 0. The van der Waals surface area contributed by atoms with E-state index in [0.29, 0.717) is 34.0 Å². The molecule has 8 nitrogen and oxygen atoms in total. The minimum atomic E-state index is -0.986. The average molecular weight is 446 g/mol. The fourth-order valence-electron chi connectivity index (χ4n) is 3.57. The van der Waals surface area contributed by atoms with E-state index in [9.17, 15) is 14.4 Å². The summed E-state index contributed by atoms with van der Waals surface area (Å²) < 4.78 is 16.1. The van der Waals surface area contributed by atoms with Crippen LogP contribution in [0.3, 0.4) is 0 Å². The number of anilines is 2. The van der Waals surface area contributed by atoms with Gasteiger partial charge in [0.25, 0.3) is 11.8 Å². The third-order valence-electron chi connectivity index (χ3n) is 5.25. The van der Waals surface area contributed by atoms with E-state index in [2.05, 4.69) is 10.6 Å². The quantitative estimate of drug-likeness (QED) is 0.560. The normalized spacial score (nSPS) is 14.5. The van der Waals surface area contributed by atoms with Crippen molar-refractivity contribution in [2.24, 2.45) is 0 Å². The summed E-state index contributed by atoms with van der Waals surface area (Å²) in [5.74, 6) is -0.739. The van der Waals surface area contributed by atoms with Crippen LogP contribution in [0.4, 0.5) is 11.4 Å². The largest absolute Gasteiger partial charge is 0.494 e. The predicted octanol–water partition coefficient (Wildman–Crippen LogP) is 3.68. The molecule has 4 rings (SSSR count). The molecule has 0 bridgehead atoms. The lowest BCUT2D eigenvalue weighted by Crippen LogP contribution is -2.38. The lowest BCUT2D eigenvalue weighted by atomic mass is 9.98. The van der Waals surface area contributed by atoms with Gasteiger partial charge in [0, 0.05) is 24.1 Å². The Morgan fingerprint density at radius 1 is 0.879 bits per heavy atom.